The third-order valence-corrected chi connectivity index (χ3v) is 3.52. The van der Waals surface area contributed by atoms with Crippen molar-refractivity contribution in [3.63, 3.8) is 0 Å². The van der Waals surface area contributed by atoms with Gasteiger partial charge >= 0.3 is 0 Å². The molecule has 0 amide bonds. The lowest BCUT2D eigenvalue weighted by atomic mass is 10.2. The number of halogens is 1. The molecule has 1 atom stereocenters. The molecule has 2 heterocycles. The lowest BCUT2D eigenvalue weighted by Gasteiger charge is -2.33. The van der Waals surface area contributed by atoms with Gasteiger partial charge in [0.25, 0.3) is 0 Å². The summed E-state index contributed by atoms with van der Waals surface area (Å²) < 4.78 is 5.42. The largest absolute Gasteiger partial charge is 0.377 e. The van der Waals surface area contributed by atoms with Crippen molar-refractivity contribution in [2.75, 3.05) is 24.7 Å². The molecule has 92 valence electrons. The smallest absolute Gasteiger partial charge is 0.227 e. The highest BCUT2D eigenvalue weighted by molar-refractivity contribution is 6.29. The second-order valence-electron chi connectivity index (χ2n) is 4.81. The molecule has 1 aromatic heterocycles. The molecule has 1 saturated carbocycles. The van der Waals surface area contributed by atoms with Crippen molar-refractivity contribution < 1.29 is 4.74 Å². The summed E-state index contributed by atoms with van der Waals surface area (Å²) in [4.78, 5) is 11.2. The highest BCUT2D eigenvalue weighted by Crippen LogP contribution is 2.40. The number of ether oxygens (including phenoxy) is 1. The van der Waals surface area contributed by atoms with Crippen molar-refractivity contribution in [1.29, 1.82) is 0 Å². The van der Waals surface area contributed by atoms with E-state index in [1.807, 2.05) is 6.07 Å². The molecule has 17 heavy (non-hydrogen) atoms. The third kappa shape index (κ3) is 2.38. The number of aromatic nitrogens is 2. The lowest BCUT2D eigenvalue weighted by molar-refractivity contribution is 0.0980. The number of hydrogen-bond acceptors (Lipinski definition) is 4. The van der Waals surface area contributed by atoms with Crippen LogP contribution in [0.25, 0.3) is 0 Å². The summed E-state index contributed by atoms with van der Waals surface area (Å²) in [6, 6.07) is 2.21. The Morgan fingerprint density at radius 3 is 2.94 bits per heavy atom. The van der Waals surface area contributed by atoms with Crippen LogP contribution in [-0.2, 0) is 4.74 Å². The molecule has 0 spiro atoms. The van der Waals surface area contributed by atoms with Gasteiger partial charge in [0.1, 0.15) is 5.15 Å². The zero-order valence-electron chi connectivity index (χ0n) is 9.90. The van der Waals surface area contributed by atoms with Crippen molar-refractivity contribution >= 4 is 17.5 Å². The van der Waals surface area contributed by atoms with Crippen LogP contribution in [0.4, 0.5) is 5.95 Å². The van der Waals surface area contributed by atoms with Gasteiger partial charge in [-0.15, -0.1) is 0 Å². The fraction of sp³-hybridized carbons (Fsp3) is 0.667. The quantitative estimate of drug-likeness (QED) is 0.758. The Hall–Kier alpha value is -0.870. The van der Waals surface area contributed by atoms with E-state index in [0.29, 0.717) is 17.1 Å². The van der Waals surface area contributed by atoms with Crippen LogP contribution in [0, 0.1) is 0 Å². The van der Waals surface area contributed by atoms with E-state index in [1.165, 1.54) is 12.8 Å². The molecular formula is C12H16ClN3O. The van der Waals surface area contributed by atoms with Gasteiger partial charge in [-0.2, -0.15) is 0 Å². The van der Waals surface area contributed by atoms with Crippen LogP contribution >= 0.6 is 11.6 Å². The first-order valence-electron chi connectivity index (χ1n) is 6.13. The van der Waals surface area contributed by atoms with Crippen LogP contribution in [0.3, 0.4) is 0 Å². The molecule has 2 fully saturated rings. The van der Waals surface area contributed by atoms with Gasteiger partial charge in [0.15, 0.2) is 0 Å². The van der Waals surface area contributed by atoms with Crippen LogP contribution in [0.1, 0.15) is 31.4 Å². The van der Waals surface area contributed by atoms with Crippen LogP contribution in [0.15, 0.2) is 6.07 Å². The number of anilines is 1. The highest BCUT2D eigenvalue weighted by atomic mass is 35.5. The summed E-state index contributed by atoms with van der Waals surface area (Å²) in [5.41, 5.74) is 1.10. The maximum absolute atomic E-state index is 6.08. The second kappa shape index (κ2) is 4.42. The van der Waals surface area contributed by atoms with Crippen molar-refractivity contribution in [3.8, 4) is 0 Å². The van der Waals surface area contributed by atoms with Crippen molar-refractivity contribution in [2.24, 2.45) is 0 Å². The first kappa shape index (κ1) is 11.2. The van der Waals surface area contributed by atoms with Gasteiger partial charge in [-0.05, 0) is 25.8 Å². The Bertz CT molecular complexity index is 422. The van der Waals surface area contributed by atoms with Gasteiger partial charge in [-0.25, -0.2) is 9.97 Å². The number of morpholine rings is 1. The van der Waals surface area contributed by atoms with E-state index in [9.17, 15) is 0 Å². The average Bonchev–Trinajstić information content (AvgIpc) is 3.12. The molecule has 1 aromatic rings. The van der Waals surface area contributed by atoms with Gasteiger partial charge in [0.2, 0.25) is 5.95 Å². The molecule has 2 aliphatic rings. The predicted octanol–water partition coefficient (Wildman–Crippen LogP) is 2.23. The Kier molecular flexibility index (Phi) is 2.92. The monoisotopic (exact) mass is 253 g/mol. The SMILES string of the molecule is C[C@H]1COCCN1c1nc(Cl)cc(C2CC2)n1. The van der Waals surface area contributed by atoms with E-state index in [-0.39, 0.29) is 0 Å². The van der Waals surface area contributed by atoms with E-state index >= 15 is 0 Å². The van der Waals surface area contributed by atoms with Crippen molar-refractivity contribution in [3.05, 3.63) is 16.9 Å². The van der Waals surface area contributed by atoms with Crippen LogP contribution < -0.4 is 4.90 Å². The minimum absolute atomic E-state index is 0.314. The van der Waals surface area contributed by atoms with E-state index < -0.39 is 0 Å². The molecule has 0 bridgehead atoms. The Morgan fingerprint density at radius 2 is 2.24 bits per heavy atom. The van der Waals surface area contributed by atoms with Crippen LogP contribution in [-0.4, -0.2) is 35.8 Å². The van der Waals surface area contributed by atoms with E-state index in [4.69, 9.17) is 16.3 Å². The predicted molar refractivity (Wildman–Crippen MR) is 66.6 cm³/mol. The zero-order valence-corrected chi connectivity index (χ0v) is 10.7. The van der Waals surface area contributed by atoms with E-state index in [1.54, 1.807) is 0 Å². The average molecular weight is 254 g/mol. The van der Waals surface area contributed by atoms with Gasteiger partial charge in [-0.1, -0.05) is 11.6 Å². The minimum Gasteiger partial charge on any atom is -0.377 e. The van der Waals surface area contributed by atoms with E-state index in [2.05, 4.69) is 21.8 Å². The van der Waals surface area contributed by atoms with E-state index in [0.717, 1.165) is 31.4 Å². The first-order chi connectivity index (χ1) is 8.24. The summed E-state index contributed by atoms with van der Waals surface area (Å²) in [6.45, 7) is 4.43. The summed E-state index contributed by atoms with van der Waals surface area (Å²) in [7, 11) is 0. The summed E-state index contributed by atoms with van der Waals surface area (Å²) in [5, 5.41) is 0.551. The highest BCUT2D eigenvalue weighted by Gasteiger charge is 2.28. The Labute approximate surface area is 106 Å². The molecule has 3 rings (SSSR count). The van der Waals surface area contributed by atoms with Crippen molar-refractivity contribution in [2.45, 2.75) is 31.7 Å². The molecular weight excluding hydrogens is 238 g/mol. The molecule has 1 aliphatic carbocycles. The Balaban J connectivity index is 1.90. The summed E-state index contributed by atoms with van der Waals surface area (Å²) in [5.74, 6) is 1.36. The Morgan fingerprint density at radius 1 is 1.41 bits per heavy atom. The lowest BCUT2D eigenvalue weighted by Crippen LogP contribution is -2.44. The molecule has 0 unspecified atom stereocenters. The van der Waals surface area contributed by atoms with Gasteiger partial charge in [-0.3, -0.25) is 0 Å². The molecule has 4 nitrogen and oxygen atoms in total. The zero-order chi connectivity index (χ0) is 11.8. The number of nitrogens with zero attached hydrogens (tertiary/aromatic N) is 3. The molecule has 1 saturated heterocycles. The number of hydrogen-bond donors (Lipinski definition) is 0. The fourth-order valence-electron chi connectivity index (χ4n) is 2.16. The maximum Gasteiger partial charge on any atom is 0.227 e. The fourth-order valence-corrected chi connectivity index (χ4v) is 2.35. The topological polar surface area (TPSA) is 38.2 Å². The normalized spacial score (nSPS) is 25.1. The molecule has 1 aliphatic heterocycles. The maximum atomic E-state index is 6.08. The second-order valence-corrected chi connectivity index (χ2v) is 5.19. The van der Waals surface area contributed by atoms with Crippen molar-refractivity contribution in [1.82, 2.24) is 9.97 Å². The van der Waals surface area contributed by atoms with Gasteiger partial charge in [0, 0.05) is 12.5 Å². The van der Waals surface area contributed by atoms with Gasteiger partial charge < -0.3 is 9.64 Å². The van der Waals surface area contributed by atoms with Crippen LogP contribution in [0.2, 0.25) is 5.15 Å². The molecule has 0 N–H and O–H groups in total. The standard InChI is InChI=1S/C12H16ClN3O/c1-8-7-17-5-4-16(8)12-14-10(9-2-3-9)6-11(13)15-12/h6,8-9H,2-5,7H2,1H3/t8-/m0/s1. The minimum atomic E-state index is 0.314. The number of rotatable bonds is 2. The third-order valence-electron chi connectivity index (χ3n) is 3.32. The molecule has 5 heteroatoms. The first-order valence-corrected chi connectivity index (χ1v) is 6.50. The summed E-state index contributed by atoms with van der Waals surface area (Å²) >= 11 is 6.08. The van der Waals surface area contributed by atoms with Gasteiger partial charge in [0.05, 0.1) is 24.9 Å². The van der Waals surface area contributed by atoms with Crippen LogP contribution in [0.5, 0.6) is 0 Å². The molecule has 0 aromatic carbocycles. The molecule has 0 radical (unpaired) electrons. The summed E-state index contributed by atoms with van der Waals surface area (Å²) in [6.07, 6.45) is 2.46.